The van der Waals surface area contributed by atoms with Gasteiger partial charge in [-0.15, -0.1) is 0 Å². The van der Waals surface area contributed by atoms with Crippen LogP contribution in [-0.4, -0.2) is 39.2 Å². The van der Waals surface area contributed by atoms with E-state index >= 15 is 0 Å². The number of ether oxygens (including phenoxy) is 1. The quantitative estimate of drug-likeness (QED) is 0.717. The van der Waals surface area contributed by atoms with Gasteiger partial charge in [-0.1, -0.05) is 6.92 Å². The molecule has 0 spiro atoms. The molecule has 2 aromatic heterocycles. The minimum Gasteiger partial charge on any atom is -0.478 e. The molecule has 148 valence electrons. The lowest BCUT2D eigenvalue weighted by Gasteiger charge is -2.30. The van der Waals surface area contributed by atoms with Gasteiger partial charge >= 0.3 is 0 Å². The van der Waals surface area contributed by atoms with Crippen LogP contribution >= 0.6 is 0 Å². The van der Waals surface area contributed by atoms with Crippen molar-refractivity contribution in [3.63, 3.8) is 0 Å². The highest BCUT2D eigenvalue weighted by atomic mass is 19.1. The first kappa shape index (κ1) is 18.6. The van der Waals surface area contributed by atoms with Crippen molar-refractivity contribution in [2.75, 3.05) is 16.8 Å². The highest BCUT2D eigenvalue weighted by Crippen LogP contribution is 2.28. The van der Waals surface area contributed by atoms with Crippen molar-refractivity contribution in [3.8, 4) is 11.4 Å². The summed E-state index contributed by atoms with van der Waals surface area (Å²) in [6.07, 6.45) is 4.14. The third kappa shape index (κ3) is 3.66. The number of anilines is 2. The average molecular weight is 395 g/mol. The van der Waals surface area contributed by atoms with Gasteiger partial charge in [-0.25, -0.2) is 14.1 Å². The molecule has 1 aromatic carbocycles. The molecule has 2 amide bonds. The summed E-state index contributed by atoms with van der Waals surface area (Å²) in [6.45, 7) is 1.57. The van der Waals surface area contributed by atoms with Crippen LogP contribution in [-0.2, 0) is 9.59 Å². The van der Waals surface area contributed by atoms with Gasteiger partial charge in [0, 0.05) is 24.7 Å². The molecule has 0 fully saturated rings. The second-order valence-corrected chi connectivity index (χ2v) is 6.43. The number of carbonyl (C=O) groups is 2. The molecule has 0 bridgehead atoms. The zero-order valence-electron chi connectivity index (χ0n) is 15.6. The molecular weight excluding hydrogens is 377 g/mol. The van der Waals surface area contributed by atoms with Crippen molar-refractivity contribution in [1.82, 2.24) is 14.8 Å². The molecule has 29 heavy (non-hydrogen) atoms. The summed E-state index contributed by atoms with van der Waals surface area (Å²) in [5.74, 6) is -1.11. The molecule has 0 saturated heterocycles. The van der Waals surface area contributed by atoms with Crippen LogP contribution in [0.5, 0.6) is 5.75 Å². The molecular formula is C20H18FN5O3. The highest BCUT2D eigenvalue weighted by Gasteiger charge is 2.33. The van der Waals surface area contributed by atoms with E-state index in [2.05, 4.69) is 15.4 Å². The summed E-state index contributed by atoms with van der Waals surface area (Å²) in [4.78, 5) is 30.5. The van der Waals surface area contributed by atoms with Crippen molar-refractivity contribution >= 4 is 23.3 Å². The van der Waals surface area contributed by atoms with Crippen LogP contribution in [0.15, 0.2) is 55.0 Å². The van der Waals surface area contributed by atoms with Crippen molar-refractivity contribution in [3.05, 3.63) is 60.8 Å². The Labute approximate surface area is 165 Å². The maximum atomic E-state index is 14.6. The van der Waals surface area contributed by atoms with E-state index in [1.54, 1.807) is 43.6 Å². The number of benzene rings is 1. The summed E-state index contributed by atoms with van der Waals surface area (Å²) in [5, 5.41) is 6.73. The lowest BCUT2D eigenvalue weighted by atomic mass is 10.2. The third-order valence-corrected chi connectivity index (χ3v) is 4.48. The first-order valence-corrected chi connectivity index (χ1v) is 9.09. The smallest absolute Gasteiger partial charge is 0.269 e. The third-order valence-electron chi connectivity index (χ3n) is 4.48. The summed E-state index contributed by atoms with van der Waals surface area (Å²) < 4.78 is 21.8. The number of carbonyl (C=O) groups excluding carboxylic acids is 2. The number of hydrogen-bond donors (Lipinski definition) is 1. The number of rotatable bonds is 5. The fourth-order valence-corrected chi connectivity index (χ4v) is 3.08. The Morgan fingerprint density at radius 1 is 1.31 bits per heavy atom. The summed E-state index contributed by atoms with van der Waals surface area (Å²) in [5.41, 5.74) is 0.978. The van der Waals surface area contributed by atoms with E-state index in [9.17, 15) is 14.0 Å². The van der Waals surface area contributed by atoms with E-state index in [4.69, 9.17) is 4.74 Å². The first-order valence-electron chi connectivity index (χ1n) is 9.09. The van der Waals surface area contributed by atoms with Crippen LogP contribution in [0.4, 0.5) is 15.9 Å². The highest BCUT2D eigenvalue weighted by molar-refractivity contribution is 6.10. The van der Waals surface area contributed by atoms with Crippen molar-refractivity contribution in [1.29, 1.82) is 0 Å². The Morgan fingerprint density at radius 2 is 2.17 bits per heavy atom. The maximum Gasteiger partial charge on any atom is 0.269 e. The minimum atomic E-state index is -0.971. The van der Waals surface area contributed by atoms with Crippen molar-refractivity contribution < 1.29 is 18.7 Å². The van der Waals surface area contributed by atoms with Crippen molar-refractivity contribution in [2.24, 2.45) is 0 Å². The number of pyridine rings is 1. The van der Waals surface area contributed by atoms with E-state index in [0.29, 0.717) is 23.6 Å². The van der Waals surface area contributed by atoms with Gasteiger partial charge in [-0.3, -0.25) is 14.5 Å². The van der Waals surface area contributed by atoms with Crippen LogP contribution in [0.25, 0.3) is 5.69 Å². The molecule has 4 rings (SSSR count). The predicted octanol–water partition coefficient (Wildman–Crippen LogP) is 2.55. The van der Waals surface area contributed by atoms with Gasteiger partial charge in [-0.2, -0.15) is 5.10 Å². The van der Waals surface area contributed by atoms with E-state index in [1.165, 1.54) is 27.9 Å². The number of halogens is 1. The topological polar surface area (TPSA) is 89.4 Å². The Morgan fingerprint density at radius 3 is 2.90 bits per heavy atom. The molecule has 1 N–H and O–H groups in total. The van der Waals surface area contributed by atoms with Crippen LogP contribution in [0.3, 0.4) is 0 Å². The summed E-state index contributed by atoms with van der Waals surface area (Å²) >= 11 is 0. The average Bonchev–Trinajstić information content (AvgIpc) is 3.26. The van der Waals surface area contributed by atoms with E-state index in [-0.39, 0.29) is 18.2 Å². The van der Waals surface area contributed by atoms with E-state index in [1.807, 2.05) is 0 Å². The number of amides is 2. The first-order chi connectivity index (χ1) is 14.1. The molecule has 0 radical (unpaired) electrons. The summed E-state index contributed by atoms with van der Waals surface area (Å²) in [7, 11) is 0. The number of nitrogens with one attached hydrogen (secondary N) is 1. The number of hydrogen-bond acceptors (Lipinski definition) is 5. The largest absolute Gasteiger partial charge is 0.478 e. The normalized spacial score (nSPS) is 14.1. The predicted molar refractivity (Wildman–Crippen MR) is 103 cm³/mol. The fourth-order valence-electron chi connectivity index (χ4n) is 3.08. The second-order valence-electron chi connectivity index (χ2n) is 6.43. The second kappa shape index (κ2) is 7.70. The van der Waals surface area contributed by atoms with E-state index in [0.717, 1.165) is 0 Å². The van der Waals surface area contributed by atoms with Gasteiger partial charge in [0.1, 0.15) is 6.54 Å². The number of fused-ring (bicyclic) bond motifs is 1. The summed E-state index contributed by atoms with van der Waals surface area (Å²) in [6, 6.07) is 9.44. The van der Waals surface area contributed by atoms with Crippen LogP contribution in [0.2, 0.25) is 0 Å². The molecule has 1 unspecified atom stereocenters. The van der Waals surface area contributed by atoms with Crippen LogP contribution < -0.4 is 15.0 Å². The van der Waals surface area contributed by atoms with Gasteiger partial charge in [0.15, 0.2) is 23.5 Å². The SMILES string of the molecule is CCC(Oc1ccc(-n2cccn2)cc1F)C(=O)N1CC(=O)Nc2cccnc21. The zero-order valence-corrected chi connectivity index (χ0v) is 15.6. The molecule has 8 nitrogen and oxygen atoms in total. The molecule has 3 heterocycles. The molecule has 1 atom stereocenters. The Kier molecular flexibility index (Phi) is 4.94. The minimum absolute atomic E-state index is 0.0520. The maximum absolute atomic E-state index is 14.6. The molecule has 1 aliphatic rings. The monoisotopic (exact) mass is 395 g/mol. The molecule has 0 aliphatic carbocycles. The standard InChI is InChI=1S/C20H18FN5O3/c1-2-16(20(28)25-12-18(27)24-15-5-3-8-22-19(15)25)29-17-7-6-13(11-14(17)21)26-10-4-9-23-26/h3-11,16H,2,12H2,1H3,(H,24,27). The van der Waals surface area contributed by atoms with Crippen LogP contribution in [0.1, 0.15) is 13.3 Å². The Bertz CT molecular complexity index is 1050. The molecule has 9 heteroatoms. The Hall–Kier alpha value is -3.75. The molecule has 1 aliphatic heterocycles. The number of aromatic nitrogens is 3. The van der Waals surface area contributed by atoms with Gasteiger partial charge < -0.3 is 10.1 Å². The lowest BCUT2D eigenvalue weighted by Crippen LogP contribution is -2.48. The fraction of sp³-hybridized carbons (Fsp3) is 0.200. The van der Waals surface area contributed by atoms with Gasteiger partial charge in [-0.05, 0) is 36.8 Å². The Balaban J connectivity index is 1.57. The van der Waals surface area contributed by atoms with Gasteiger partial charge in [0.05, 0.1) is 11.4 Å². The van der Waals surface area contributed by atoms with Gasteiger partial charge in [0.25, 0.3) is 5.91 Å². The zero-order chi connectivity index (χ0) is 20.4. The lowest BCUT2D eigenvalue weighted by molar-refractivity contribution is -0.127. The van der Waals surface area contributed by atoms with Gasteiger partial charge in [0.2, 0.25) is 5.91 Å². The van der Waals surface area contributed by atoms with Crippen molar-refractivity contribution in [2.45, 2.75) is 19.4 Å². The number of nitrogens with zero attached hydrogens (tertiary/aromatic N) is 4. The molecule has 3 aromatic rings. The van der Waals surface area contributed by atoms with E-state index < -0.39 is 17.8 Å². The van der Waals surface area contributed by atoms with Crippen LogP contribution in [0, 0.1) is 5.82 Å². The molecule has 0 saturated carbocycles.